The van der Waals surface area contributed by atoms with E-state index in [9.17, 15) is 43.8 Å². The lowest BCUT2D eigenvalue weighted by atomic mass is 9.45. The Bertz CT molecular complexity index is 1740. The number of aliphatic hydroxyl groups is 2. The fourth-order valence-corrected chi connectivity index (χ4v) is 9.01. The fourth-order valence-electron chi connectivity index (χ4n) is 9.01. The minimum Gasteiger partial charge on any atom is -0.465 e. The molecule has 1 spiro atoms. The summed E-state index contributed by atoms with van der Waals surface area (Å²) in [5.74, 6) is -10.3. The van der Waals surface area contributed by atoms with E-state index >= 15 is 0 Å². The van der Waals surface area contributed by atoms with Gasteiger partial charge in [-0.15, -0.1) is 0 Å². The van der Waals surface area contributed by atoms with Crippen LogP contribution in [0.1, 0.15) is 84.2 Å². The Balaban J connectivity index is 1.95. The van der Waals surface area contributed by atoms with Gasteiger partial charge in [0, 0.05) is 47.0 Å². The van der Waals surface area contributed by atoms with E-state index in [0.29, 0.717) is 5.56 Å². The molecule has 3 heterocycles. The first kappa shape index (κ1) is 40.5. The van der Waals surface area contributed by atoms with Crippen molar-refractivity contribution in [1.82, 2.24) is 4.98 Å². The van der Waals surface area contributed by atoms with Crippen LogP contribution in [0, 0.1) is 17.3 Å². The van der Waals surface area contributed by atoms with Crippen molar-refractivity contribution in [2.24, 2.45) is 17.3 Å². The lowest BCUT2D eigenvalue weighted by molar-refractivity contribution is -0.386. The minimum absolute atomic E-state index is 0.0246. The Hall–Kier alpha value is -4.68. The van der Waals surface area contributed by atoms with Crippen LogP contribution in [-0.2, 0) is 66.7 Å². The molecule has 2 N–H and O–H groups in total. The maximum absolute atomic E-state index is 14.2. The van der Waals surface area contributed by atoms with Gasteiger partial charge in [-0.2, -0.15) is 0 Å². The highest BCUT2D eigenvalue weighted by atomic mass is 16.7. The van der Waals surface area contributed by atoms with Gasteiger partial charge in [0.1, 0.15) is 41.5 Å². The maximum Gasteiger partial charge on any atom is 0.340 e. The Morgan fingerprint density at radius 2 is 1.41 bits per heavy atom. The van der Waals surface area contributed by atoms with E-state index in [4.69, 9.17) is 37.9 Å². The van der Waals surface area contributed by atoms with Gasteiger partial charge in [-0.1, -0.05) is 13.8 Å². The van der Waals surface area contributed by atoms with E-state index < -0.39 is 132 Å². The van der Waals surface area contributed by atoms with Crippen molar-refractivity contribution in [2.75, 3.05) is 13.2 Å². The van der Waals surface area contributed by atoms with Gasteiger partial charge in [-0.05, 0) is 31.4 Å². The maximum atomic E-state index is 14.2. The van der Waals surface area contributed by atoms with Crippen molar-refractivity contribution in [3.8, 4) is 0 Å². The minimum atomic E-state index is -2.77. The molecule has 54 heavy (non-hydrogen) atoms. The molecule has 18 heteroatoms. The van der Waals surface area contributed by atoms with Gasteiger partial charge in [0.05, 0.1) is 23.5 Å². The van der Waals surface area contributed by atoms with E-state index in [1.807, 2.05) is 0 Å². The number of hydrogen-bond acceptors (Lipinski definition) is 18. The van der Waals surface area contributed by atoms with Crippen LogP contribution < -0.4 is 0 Å². The Labute approximate surface area is 310 Å². The normalized spacial score (nSPS) is 39.8. The first-order valence-corrected chi connectivity index (χ1v) is 17.3. The van der Waals surface area contributed by atoms with Crippen LogP contribution in [0.5, 0.6) is 0 Å². The zero-order chi connectivity index (χ0) is 40.3. The highest BCUT2D eigenvalue weighted by Gasteiger charge is 2.90. The summed E-state index contributed by atoms with van der Waals surface area (Å²) in [6, 6.07) is 1.51. The van der Waals surface area contributed by atoms with Gasteiger partial charge < -0.3 is 48.1 Å². The SMILES string of the molecule is CC(=O)OCC12C(OC(C)=O)C(OC(C)=O)C3C(O)C14OC3(C)COC(=O)c1cnccc1C(C)C(C)C(=O)OC(C(OC(C)=O)C2OC(C)=O)C4(C)O. The number of aliphatic hydroxyl groups excluding tert-OH is 1. The molecule has 3 fully saturated rings. The fraction of sp³-hybridized carbons (Fsp3) is 0.667. The molecule has 13 unspecified atom stereocenters. The standard InChI is InChI=1S/C36H45NO17/c1-15-16(2)31(44)53-28-26(50-19(5)40)30(52-21(7)42)35(14-47-17(3)38)29(51-20(6)41)25(49-18(4)39)24-27(43)36(35,34(28,9)46)54-33(24,8)13-48-32(45)23-12-37-11-10-22(15)23/h10-12,15-16,24-30,43,46H,13-14H2,1-9H3. The summed E-state index contributed by atoms with van der Waals surface area (Å²) in [5.41, 5.74) is -9.74. The number of carbonyl (C=O) groups excluding carboxylic acids is 7. The van der Waals surface area contributed by atoms with E-state index in [0.717, 1.165) is 41.5 Å². The molecule has 2 aliphatic heterocycles. The van der Waals surface area contributed by atoms with Crippen molar-refractivity contribution >= 4 is 41.8 Å². The van der Waals surface area contributed by atoms with Crippen molar-refractivity contribution in [3.05, 3.63) is 29.6 Å². The average Bonchev–Trinajstić information content (AvgIpc) is 3.27. The number of aromatic nitrogens is 1. The molecular formula is C36H45NO17. The van der Waals surface area contributed by atoms with Crippen molar-refractivity contribution < 1.29 is 81.7 Å². The summed E-state index contributed by atoms with van der Waals surface area (Å²) in [7, 11) is 0. The second-order valence-corrected chi connectivity index (χ2v) is 14.8. The van der Waals surface area contributed by atoms with Gasteiger partial charge in [0.2, 0.25) is 0 Å². The molecule has 13 atom stereocenters. The zero-order valence-electron chi connectivity index (χ0n) is 31.3. The monoisotopic (exact) mass is 763 g/mol. The van der Waals surface area contributed by atoms with Crippen LogP contribution >= 0.6 is 0 Å². The number of carbonyl (C=O) groups is 7. The van der Waals surface area contributed by atoms with Crippen LogP contribution in [-0.4, -0.2) is 124 Å². The number of nitrogens with zero attached hydrogens (tertiary/aromatic N) is 1. The Morgan fingerprint density at radius 3 is 1.96 bits per heavy atom. The third-order valence-electron chi connectivity index (χ3n) is 11.2. The van der Waals surface area contributed by atoms with Crippen LogP contribution in [0.3, 0.4) is 0 Å². The summed E-state index contributed by atoms with van der Waals surface area (Å²) in [5, 5.41) is 25.9. The molecule has 0 amide bonds. The van der Waals surface area contributed by atoms with Gasteiger partial charge in [-0.25, -0.2) is 4.79 Å². The Morgan fingerprint density at radius 1 is 0.852 bits per heavy atom. The van der Waals surface area contributed by atoms with Gasteiger partial charge in [0.25, 0.3) is 0 Å². The molecule has 0 radical (unpaired) electrons. The third kappa shape index (κ3) is 6.17. The molecule has 296 valence electrons. The summed E-state index contributed by atoms with van der Waals surface area (Å²) in [6.45, 7) is 8.81. The first-order chi connectivity index (χ1) is 25.1. The summed E-state index contributed by atoms with van der Waals surface area (Å²) < 4.78 is 47.6. The number of ether oxygens (including phenoxy) is 8. The lowest BCUT2D eigenvalue weighted by Crippen LogP contribution is -2.89. The number of rotatable bonds is 6. The van der Waals surface area contributed by atoms with Crippen LogP contribution in [0.25, 0.3) is 0 Å². The predicted octanol–water partition coefficient (Wildman–Crippen LogP) is 0.463. The summed E-state index contributed by atoms with van der Waals surface area (Å²) in [6.07, 6.45) is -9.27. The average molecular weight is 764 g/mol. The summed E-state index contributed by atoms with van der Waals surface area (Å²) in [4.78, 5) is 96.6. The van der Waals surface area contributed by atoms with Gasteiger partial charge in [0.15, 0.2) is 24.4 Å². The third-order valence-corrected chi connectivity index (χ3v) is 11.2. The molecular weight excluding hydrogens is 718 g/mol. The number of pyridine rings is 1. The van der Waals surface area contributed by atoms with E-state index in [2.05, 4.69) is 4.98 Å². The number of esters is 7. The molecule has 2 aliphatic carbocycles. The number of cyclic esters (lactones) is 1. The quantitative estimate of drug-likeness (QED) is 0.295. The molecule has 0 aromatic carbocycles. The number of hydrogen-bond donors (Lipinski definition) is 2. The first-order valence-electron chi connectivity index (χ1n) is 17.3. The van der Waals surface area contributed by atoms with E-state index in [1.165, 1.54) is 32.3 Å². The van der Waals surface area contributed by atoms with E-state index in [1.54, 1.807) is 6.92 Å². The largest absolute Gasteiger partial charge is 0.465 e. The van der Waals surface area contributed by atoms with Gasteiger partial charge >= 0.3 is 41.8 Å². The zero-order valence-corrected chi connectivity index (χ0v) is 31.3. The van der Waals surface area contributed by atoms with Crippen LogP contribution in [0.2, 0.25) is 0 Å². The highest BCUT2D eigenvalue weighted by Crippen LogP contribution is 2.69. The highest BCUT2D eigenvalue weighted by molar-refractivity contribution is 5.91. The topological polar surface area (TPSA) is 247 Å². The molecule has 2 saturated carbocycles. The van der Waals surface area contributed by atoms with Crippen molar-refractivity contribution in [1.29, 1.82) is 0 Å². The predicted molar refractivity (Wildman–Crippen MR) is 176 cm³/mol. The van der Waals surface area contributed by atoms with Gasteiger partial charge in [-0.3, -0.25) is 33.8 Å². The van der Waals surface area contributed by atoms with E-state index in [-0.39, 0.29) is 5.56 Å². The molecule has 1 aromatic heterocycles. The van der Waals surface area contributed by atoms with Crippen molar-refractivity contribution in [3.63, 3.8) is 0 Å². The number of fused-ring (bicyclic) bond motifs is 5. The van der Waals surface area contributed by atoms with Crippen LogP contribution in [0.15, 0.2) is 18.5 Å². The van der Waals surface area contributed by atoms with Crippen molar-refractivity contribution in [2.45, 2.75) is 122 Å². The summed E-state index contributed by atoms with van der Waals surface area (Å²) >= 11 is 0. The molecule has 4 bridgehead atoms. The molecule has 18 nitrogen and oxygen atoms in total. The molecule has 1 aromatic rings. The molecule has 1 saturated heterocycles. The second-order valence-electron chi connectivity index (χ2n) is 14.8. The Kier molecular flexibility index (Phi) is 10.6. The molecule has 5 rings (SSSR count). The molecule has 4 aliphatic rings. The van der Waals surface area contributed by atoms with Crippen LogP contribution in [0.4, 0.5) is 0 Å². The second kappa shape index (κ2) is 14.2. The smallest absolute Gasteiger partial charge is 0.340 e. The lowest BCUT2D eigenvalue weighted by Gasteiger charge is -2.67.